The number of anilines is 1. The number of aliphatic hydroxyl groups is 1. The van der Waals surface area contributed by atoms with Crippen LogP contribution in [0.15, 0.2) is 63.5 Å². The zero-order valence-corrected chi connectivity index (χ0v) is 15.0. The van der Waals surface area contributed by atoms with Crippen LogP contribution in [0.1, 0.15) is 16.1 Å². The number of hydrogen-bond donors (Lipinski definition) is 2. The summed E-state index contributed by atoms with van der Waals surface area (Å²) in [7, 11) is 1.54. The molecular weight excluding hydrogens is 386 g/mol. The molecule has 3 aromatic rings. The first-order valence-corrected chi connectivity index (χ1v) is 8.35. The Kier molecular flexibility index (Phi) is 5.21. The molecule has 1 aromatic heterocycles. The lowest BCUT2D eigenvalue weighted by atomic mass is 10.1. The van der Waals surface area contributed by atoms with Crippen LogP contribution >= 0.6 is 15.9 Å². The number of ether oxygens (including phenoxy) is 1. The lowest BCUT2D eigenvalue weighted by molar-refractivity contribution is 0.102. The van der Waals surface area contributed by atoms with E-state index in [0.29, 0.717) is 28.5 Å². The number of rotatable bonds is 5. The molecule has 5 nitrogen and oxygen atoms in total. The van der Waals surface area contributed by atoms with Crippen molar-refractivity contribution in [2.24, 2.45) is 0 Å². The molecule has 128 valence electrons. The van der Waals surface area contributed by atoms with Gasteiger partial charge >= 0.3 is 0 Å². The minimum absolute atomic E-state index is 0.163. The van der Waals surface area contributed by atoms with E-state index in [2.05, 4.69) is 21.2 Å². The van der Waals surface area contributed by atoms with Crippen molar-refractivity contribution in [3.63, 3.8) is 0 Å². The average molecular weight is 402 g/mol. The Morgan fingerprint density at radius 1 is 1.16 bits per heavy atom. The Morgan fingerprint density at radius 2 is 1.92 bits per heavy atom. The molecule has 0 spiro atoms. The number of halogens is 1. The third-order valence-corrected chi connectivity index (χ3v) is 4.18. The number of furan rings is 1. The highest BCUT2D eigenvalue weighted by Gasteiger charge is 2.13. The van der Waals surface area contributed by atoms with Gasteiger partial charge in [-0.15, -0.1) is 0 Å². The maximum absolute atomic E-state index is 12.5. The van der Waals surface area contributed by atoms with Gasteiger partial charge in [-0.1, -0.05) is 15.9 Å². The van der Waals surface area contributed by atoms with Crippen molar-refractivity contribution in [3.05, 3.63) is 70.4 Å². The molecule has 0 radical (unpaired) electrons. The van der Waals surface area contributed by atoms with E-state index in [1.807, 2.05) is 18.2 Å². The summed E-state index contributed by atoms with van der Waals surface area (Å²) in [5.41, 5.74) is 1.85. The number of carbonyl (C=O) groups excluding carboxylic acids is 1. The molecule has 3 rings (SSSR count). The molecule has 0 bridgehead atoms. The standard InChI is InChI=1S/C19H16BrNO4/c1-24-18-8-4-13(17-9-7-15(11-22)25-17)10-16(18)21-19(23)12-2-5-14(20)6-3-12/h2-10,22H,11H2,1H3,(H,21,23). The third kappa shape index (κ3) is 3.92. The highest BCUT2D eigenvalue weighted by atomic mass is 79.9. The van der Waals surface area contributed by atoms with Gasteiger partial charge < -0.3 is 19.6 Å². The van der Waals surface area contributed by atoms with Crippen LogP contribution < -0.4 is 10.1 Å². The molecule has 0 aliphatic rings. The van der Waals surface area contributed by atoms with Crippen molar-refractivity contribution < 1.29 is 19.1 Å². The van der Waals surface area contributed by atoms with Gasteiger partial charge in [-0.3, -0.25) is 4.79 Å². The zero-order chi connectivity index (χ0) is 17.8. The first kappa shape index (κ1) is 17.3. The second kappa shape index (κ2) is 7.55. The monoisotopic (exact) mass is 401 g/mol. The van der Waals surface area contributed by atoms with E-state index in [-0.39, 0.29) is 12.5 Å². The highest BCUT2D eigenvalue weighted by molar-refractivity contribution is 9.10. The van der Waals surface area contributed by atoms with E-state index in [1.165, 1.54) is 0 Å². The van der Waals surface area contributed by atoms with Crippen LogP contribution in [-0.4, -0.2) is 18.1 Å². The minimum atomic E-state index is -0.238. The molecule has 0 aliphatic heterocycles. The Bertz CT molecular complexity index is 887. The summed E-state index contributed by atoms with van der Waals surface area (Å²) >= 11 is 3.35. The summed E-state index contributed by atoms with van der Waals surface area (Å²) in [6, 6.07) is 15.9. The van der Waals surface area contributed by atoms with Crippen LogP contribution in [0.3, 0.4) is 0 Å². The second-order valence-corrected chi connectivity index (χ2v) is 6.22. The maximum Gasteiger partial charge on any atom is 0.255 e. The van der Waals surface area contributed by atoms with Crippen molar-refractivity contribution in [2.75, 3.05) is 12.4 Å². The second-order valence-electron chi connectivity index (χ2n) is 5.30. The van der Waals surface area contributed by atoms with E-state index in [0.717, 1.165) is 10.0 Å². The molecule has 1 amide bonds. The van der Waals surface area contributed by atoms with Gasteiger partial charge in [0.25, 0.3) is 5.91 Å². The first-order valence-electron chi connectivity index (χ1n) is 7.55. The fourth-order valence-electron chi connectivity index (χ4n) is 2.37. The minimum Gasteiger partial charge on any atom is -0.495 e. The molecule has 6 heteroatoms. The lowest BCUT2D eigenvalue weighted by Crippen LogP contribution is -2.12. The summed E-state index contributed by atoms with van der Waals surface area (Å²) in [6.45, 7) is -0.163. The van der Waals surface area contributed by atoms with Gasteiger partial charge in [0.05, 0.1) is 12.8 Å². The molecule has 0 aliphatic carbocycles. The third-order valence-electron chi connectivity index (χ3n) is 3.66. The van der Waals surface area contributed by atoms with E-state index >= 15 is 0 Å². The Morgan fingerprint density at radius 3 is 2.56 bits per heavy atom. The number of aliphatic hydroxyl groups excluding tert-OH is 1. The molecule has 0 fully saturated rings. The summed E-state index contributed by atoms with van der Waals surface area (Å²) in [4.78, 5) is 12.5. The summed E-state index contributed by atoms with van der Waals surface area (Å²) in [6.07, 6.45) is 0. The van der Waals surface area contributed by atoms with Crippen molar-refractivity contribution in [2.45, 2.75) is 6.61 Å². The predicted octanol–water partition coefficient (Wildman–Crippen LogP) is 4.46. The lowest BCUT2D eigenvalue weighted by Gasteiger charge is -2.11. The number of hydrogen-bond acceptors (Lipinski definition) is 4. The van der Waals surface area contributed by atoms with Gasteiger partial charge in [0, 0.05) is 15.6 Å². The highest BCUT2D eigenvalue weighted by Crippen LogP contribution is 2.32. The Hall–Kier alpha value is -2.57. The maximum atomic E-state index is 12.5. The van der Waals surface area contributed by atoms with Gasteiger partial charge in [-0.05, 0) is 54.6 Å². The first-order chi connectivity index (χ1) is 12.1. The van der Waals surface area contributed by atoms with Gasteiger partial charge in [-0.25, -0.2) is 0 Å². The number of nitrogens with one attached hydrogen (secondary N) is 1. The predicted molar refractivity (Wildman–Crippen MR) is 98.7 cm³/mol. The quantitative estimate of drug-likeness (QED) is 0.661. The number of methoxy groups -OCH3 is 1. The van der Waals surface area contributed by atoms with Crippen LogP contribution in [0.5, 0.6) is 5.75 Å². The van der Waals surface area contributed by atoms with Gasteiger partial charge in [0.15, 0.2) is 0 Å². The molecule has 2 N–H and O–H groups in total. The SMILES string of the molecule is COc1ccc(-c2ccc(CO)o2)cc1NC(=O)c1ccc(Br)cc1. The van der Waals surface area contributed by atoms with Crippen LogP contribution in [0.4, 0.5) is 5.69 Å². The molecule has 0 unspecified atom stereocenters. The molecular formula is C19H16BrNO4. The Balaban J connectivity index is 1.89. The van der Waals surface area contributed by atoms with Gasteiger partial charge in [0.1, 0.15) is 23.9 Å². The zero-order valence-electron chi connectivity index (χ0n) is 13.5. The average Bonchev–Trinajstić information content (AvgIpc) is 3.11. The molecule has 0 saturated carbocycles. The van der Waals surface area contributed by atoms with Crippen molar-refractivity contribution in [1.29, 1.82) is 0 Å². The Labute approximate surface area is 153 Å². The molecule has 1 heterocycles. The van der Waals surface area contributed by atoms with Crippen molar-refractivity contribution >= 4 is 27.5 Å². The molecule has 0 atom stereocenters. The van der Waals surface area contributed by atoms with Crippen LogP contribution in [0, 0.1) is 0 Å². The summed E-state index contributed by atoms with van der Waals surface area (Å²) in [5, 5.41) is 12.0. The van der Waals surface area contributed by atoms with Crippen LogP contribution in [0.2, 0.25) is 0 Å². The summed E-state index contributed by atoms with van der Waals surface area (Å²) < 4.78 is 11.8. The molecule has 25 heavy (non-hydrogen) atoms. The van der Waals surface area contributed by atoms with Crippen LogP contribution in [0.25, 0.3) is 11.3 Å². The molecule has 2 aromatic carbocycles. The van der Waals surface area contributed by atoms with Crippen molar-refractivity contribution in [1.82, 2.24) is 0 Å². The summed E-state index contributed by atoms with van der Waals surface area (Å²) in [5.74, 6) is 1.39. The largest absolute Gasteiger partial charge is 0.495 e. The number of amides is 1. The smallest absolute Gasteiger partial charge is 0.255 e. The van der Waals surface area contributed by atoms with E-state index in [1.54, 1.807) is 43.5 Å². The number of carbonyl (C=O) groups is 1. The topological polar surface area (TPSA) is 71.7 Å². The molecule has 0 saturated heterocycles. The van der Waals surface area contributed by atoms with Crippen molar-refractivity contribution in [3.8, 4) is 17.1 Å². The number of benzene rings is 2. The van der Waals surface area contributed by atoms with Gasteiger partial charge in [0.2, 0.25) is 0 Å². The van der Waals surface area contributed by atoms with E-state index in [9.17, 15) is 4.79 Å². The van der Waals surface area contributed by atoms with Gasteiger partial charge in [-0.2, -0.15) is 0 Å². The normalized spacial score (nSPS) is 10.5. The fourth-order valence-corrected chi connectivity index (χ4v) is 2.64. The van der Waals surface area contributed by atoms with E-state index < -0.39 is 0 Å². The fraction of sp³-hybridized carbons (Fsp3) is 0.105. The van der Waals surface area contributed by atoms with Crippen LogP contribution in [-0.2, 0) is 6.61 Å². The van der Waals surface area contributed by atoms with E-state index in [4.69, 9.17) is 14.3 Å².